The Labute approximate surface area is 100 Å². The van der Waals surface area contributed by atoms with Crippen LogP contribution in [-0.2, 0) is 4.74 Å². The first-order valence-corrected chi connectivity index (χ1v) is 6.32. The highest BCUT2D eigenvalue weighted by Crippen LogP contribution is 2.06. The van der Waals surface area contributed by atoms with Gasteiger partial charge in [-0.15, -0.1) is 0 Å². The molecule has 0 fully saturated rings. The van der Waals surface area contributed by atoms with Gasteiger partial charge in [0.25, 0.3) is 0 Å². The van der Waals surface area contributed by atoms with Crippen molar-refractivity contribution in [1.82, 2.24) is 10.6 Å². The minimum Gasteiger partial charge on any atom is -0.376 e. The van der Waals surface area contributed by atoms with E-state index in [1.165, 1.54) is 0 Å². The van der Waals surface area contributed by atoms with Gasteiger partial charge in [0.2, 0.25) is 0 Å². The van der Waals surface area contributed by atoms with Gasteiger partial charge in [0.15, 0.2) is 0 Å². The molecule has 0 saturated heterocycles. The lowest BCUT2D eigenvalue weighted by atomic mass is 10.2. The van der Waals surface area contributed by atoms with Gasteiger partial charge in [-0.05, 0) is 53.2 Å². The Hall–Kier alpha value is -0.160. The van der Waals surface area contributed by atoms with E-state index in [4.69, 9.17) is 10.5 Å². The summed E-state index contributed by atoms with van der Waals surface area (Å²) in [5.41, 5.74) is 5.38. The number of hydrogen-bond donors (Lipinski definition) is 3. The molecule has 0 aromatic rings. The molecule has 16 heavy (non-hydrogen) atoms. The van der Waals surface area contributed by atoms with Gasteiger partial charge in [-0.3, -0.25) is 0 Å². The van der Waals surface area contributed by atoms with Crippen molar-refractivity contribution in [3.8, 4) is 0 Å². The molecule has 0 unspecified atom stereocenters. The number of hydrogen-bond acceptors (Lipinski definition) is 4. The van der Waals surface area contributed by atoms with E-state index >= 15 is 0 Å². The lowest BCUT2D eigenvalue weighted by Crippen LogP contribution is -2.30. The molecule has 4 nitrogen and oxygen atoms in total. The zero-order chi connectivity index (χ0) is 12.3. The van der Waals surface area contributed by atoms with E-state index in [0.717, 1.165) is 52.2 Å². The van der Waals surface area contributed by atoms with Crippen molar-refractivity contribution >= 4 is 0 Å². The van der Waals surface area contributed by atoms with Crippen LogP contribution in [0.15, 0.2) is 0 Å². The Morgan fingerprint density at radius 3 is 2.00 bits per heavy atom. The highest BCUT2D eigenvalue weighted by Gasteiger charge is 2.08. The first-order chi connectivity index (χ1) is 7.56. The summed E-state index contributed by atoms with van der Waals surface area (Å²) >= 11 is 0. The fourth-order valence-corrected chi connectivity index (χ4v) is 1.23. The van der Waals surface area contributed by atoms with Crippen LogP contribution in [0.1, 0.15) is 33.6 Å². The third-order valence-electron chi connectivity index (χ3n) is 2.07. The van der Waals surface area contributed by atoms with Gasteiger partial charge in [-0.2, -0.15) is 0 Å². The molecule has 0 saturated carbocycles. The molecule has 0 rings (SSSR count). The Kier molecular flexibility index (Phi) is 9.92. The largest absolute Gasteiger partial charge is 0.376 e. The second-order valence-electron chi connectivity index (χ2n) is 4.96. The lowest BCUT2D eigenvalue weighted by Gasteiger charge is -2.19. The van der Waals surface area contributed by atoms with Crippen LogP contribution in [0.25, 0.3) is 0 Å². The Morgan fingerprint density at radius 2 is 1.50 bits per heavy atom. The van der Waals surface area contributed by atoms with E-state index in [-0.39, 0.29) is 5.60 Å². The zero-order valence-electron chi connectivity index (χ0n) is 11.1. The van der Waals surface area contributed by atoms with Gasteiger partial charge in [-0.25, -0.2) is 0 Å². The van der Waals surface area contributed by atoms with Crippen LogP contribution < -0.4 is 16.4 Å². The first-order valence-electron chi connectivity index (χ1n) is 6.32. The molecule has 0 spiro atoms. The predicted octanol–water partition coefficient (Wildman–Crippen LogP) is 0.720. The summed E-state index contributed by atoms with van der Waals surface area (Å²) in [5, 5.41) is 6.70. The van der Waals surface area contributed by atoms with Crippen LogP contribution >= 0.6 is 0 Å². The van der Waals surface area contributed by atoms with E-state index < -0.39 is 0 Å². The molecule has 0 heterocycles. The summed E-state index contributed by atoms with van der Waals surface area (Å²) in [6, 6.07) is 0. The van der Waals surface area contributed by atoms with Crippen LogP contribution in [-0.4, -0.2) is 44.9 Å². The van der Waals surface area contributed by atoms with Crippen LogP contribution in [0, 0.1) is 0 Å². The normalized spacial score (nSPS) is 12.0. The molecule has 4 N–H and O–H groups in total. The standard InChI is InChI=1S/C12H29N3O/c1-12(2,3)16-11-5-8-15-10-9-14-7-4-6-13/h14-15H,4-11,13H2,1-3H3. The second kappa shape index (κ2) is 10.0. The molecule has 0 aliphatic heterocycles. The predicted molar refractivity (Wildman–Crippen MR) is 69.7 cm³/mol. The highest BCUT2D eigenvalue weighted by molar-refractivity contribution is 4.59. The van der Waals surface area contributed by atoms with Crippen molar-refractivity contribution in [2.75, 3.05) is 39.3 Å². The third-order valence-corrected chi connectivity index (χ3v) is 2.07. The summed E-state index contributed by atoms with van der Waals surface area (Å²) < 4.78 is 5.62. The van der Waals surface area contributed by atoms with Crippen molar-refractivity contribution in [3.05, 3.63) is 0 Å². The SMILES string of the molecule is CC(C)(C)OCCCNCCNCCCN. The van der Waals surface area contributed by atoms with E-state index in [2.05, 4.69) is 31.4 Å². The van der Waals surface area contributed by atoms with E-state index in [9.17, 15) is 0 Å². The minimum absolute atomic E-state index is 0.0101. The number of rotatable bonds is 10. The molecule has 0 amide bonds. The van der Waals surface area contributed by atoms with Gasteiger partial charge < -0.3 is 21.1 Å². The van der Waals surface area contributed by atoms with Crippen molar-refractivity contribution < 1.29 is 4.74 Å². The molecule has 98 valence electrons. The second-order valence-corrected chi connectivity index (χ2v) is 4.96. The minimum atomic E-state index is -0.0101. The lowest BCUT2D eigenvalue weighted by molar-refractivity contribution is -0.00374. The fraction of sp³-hybridized carbons (Fsp3) is 1.00. The van der Waals surface area contributed by atoms with Crippen LogP contribution in [0.2, 0.25) is 0 Å². The van der Waals surface area contributed by atoms with Gasteiger partial charge in [-0.1, -0.05) is 0 Å². The third kappa shape index (κ3) is 13.8. The monoisotopic (exact) mass is 231 g/mol. The smallest absolute Gasteiger partial charge is 0.0598 e. The Bertz CT molecular complexity index is 146. The average Bonchev–Trinajstić information content (AvgIpc) is 2.19. The fourth-order valence-electron chi connectivity index (χ4n) is 1.23. The molecule has 0 aromatic heterocycles. The number of nitrogens with two attached hydrogens (primary N) is 1. The summed E-state index contributed by atoms with van der Waals surface area (Å²) in [6.45, 7) is 11.9. The average molecular weight is 231 g/mol. The maximum absolute atomic E-state index is 5.62. The van der Waals surface area contributed by atoms with Crippen LogP contribution in [0.4, 0.5) is 0 Å². The van der Waals surface area contributed by atoms with E-state index in [0.29, 0.717) is 0 Å². The highest BCUT2D eigenvalue weighted by atomic mass is 16.5. The molecule has 0 atom stereocenters. The molecule has 0 aromatic carbocycles. The molecule has 0 bridgehead atoms. The molecule has 0 aliphatic carbocycles. The van der Waals surface area contributed by atoms with Crippen molar-refractivity contribution in [2.45, 2.75) is 39.2 Å². The molecule has 4 heteroatoms. The summed E-state index contributed by atoms with van der Waals surface area (Å²) in [4.78, 5) is 0. The summed E-state index contributed by atoms with van der Waals surface area (Å²) in [6.07, 6.45) is 2.12. The van der Waals surface area contributed by atoms with Gasteiger partial charge in [0, 0.05) is 19.7 Å². The van der Waals surface area contributed by atoms with Crippen molar-refractivity contribution in [3.63, 3.8) is 0 Å². The quantitative estimate of drug-likeness (QED) is 0.485. The van der Waals surface area contributed by atoms with Gasteiger partial charge >= 0.3 is 0 Å². The Morgan fingerprint density at radius 1 is 0.938 bits per heavy atom. The maximum atomic E-state index is 5.62. The molecular weight excluding hydrogens is 202 g/mol. The van der Waals surface area contributed by atoms with Crippen molar-refractivity contribution in [1.29, 1.82) is 0 Å². The first kappa shape index (κ1) is 15.8. The topological polar surface area (TPSA) is 59.3 Å². The molecule has 0 aliphatic rings. The summed E-state index contributed by atoms with van der Waals surface area (Å²) in [7, 11) is 0. The number of ether oxygens (including phenoxy) is 1. The van der Waals surface area contributed by atoms with Gasteiger partial charge in [0.1, 0.15) is 0 Å². The molecular formula is C12H29N3O. The van der Waals surface area contributed by atoms with Gasteiger partial charge in [0.05, 0.1) is 5.60 Å². The van der Waals surface area contributed by atoms with Crippen LogP contribution in [0.3, 0.4) is 0 Å². The zero-order valence-corrected chi connectivity index (χ0v) is 11.1. The van der Waals surface area contributed by atoms with Crippen LogP contribution in [0.5, 0.6) is 0 Å². The molecule has 0 radical (unpaired) electrons. The summed E-state index contributed by atoms with van der Waals surface area (Å²) in [5.74, 6) is 0. The van der Waals surface area contributed by atoms with E-state index in [1.807, 2.05) is 0 Å². The number of nitrogens with one attached hydrogen (secondary N) is 2. The maximum Gasteiger partial charge on any atom is 0.0598 e. The Balaban J connectivity index is 2.99. The van der Waals surface area contributed by atoms with E-state index in [1.54, 1.807) is 0 Å². The van der Waals surface area contributed by atoms with Crippen molar-refractivity contribution in [2.24, 2.45) is 5.73 Å².